The summed E-state index contributed by atoms with van der Waals surface area (Å²) in [4.78, 5) is 0. The zero-order valence-electron chi connectivity index (χ0n) is 15.0. The largest absolute Gasteiger partial charge is 0.356 e. The van der Waals surface area contributed by atoms with Gasteiger partial charge in [0.15, 0.2) is 6.29 Å². The SMILES string of the molecule is CCCNC1CN(CCOC(C)OC)S(=O)(=O)c2sc(S(N)(=O)=O)cc21. The molecular formula is C14H25N3O6S3. The minimum atomic E-state index is -3.97. The van der Waals surface area contributed by atoms with Gasteiger partial charge in [0.2, 0.25) is 10.0 Å². The molecule has 2 unspecified atom stereocenters. The van der Waals surface area contributed by atoms with Crippen molar-refractivity contribution in [2.45, 2.75) is 41.0 Å². The van der Waals surface area contributed by atoms with E-state index in [0.717, 1.165) is 6.42 Å². The highest BCUT2D eigenvalue weighted by Crippen LogP contribution is 2.39. The van der Waals surface area contributed by atoms with Gasteiger partial charge in [0.05, 0.1) is 6.61 Å². The smallest absolute Gasteiger partial charge is 0.253 e. The number of methoxy groups -OCH3 is 1. The number of ether oxygens (including phenoxy) is 2. The van der Waals surface area contributed by atoms with Crippen LogP contribution in [0, 0.1) is 0 Å². The summed E-state index contributed by atoms with van der Waals surface area (Å²) in [5.74, 6) is 0. The first kappa shape index (κ1) is 21.7. The second-order valence-electron chi connectivity index (χ2n) is 5.90. The Morgan fingerprint density at radius 3 is 2.77 bits per heavy atom. The topological polar surface area (TPSA) is 128 Å². The number of hydrogen-bond acceptors (Lipinski definition) is 8. The van der Waals surface area contributed by atoms with Crippen molar-refractivity contribution in [3.63, 3.8) is 0 Å². The Kier molecular flexibility index (Phi) is 7.18. The van der Waals surface area contributed by atoms with Crippen LogP contribution in [0.15, 0.2) is 14.5 Å². The maximum absolute atomic E-state index is 12.9. The van der Waals surface area contributed by atoms with Gasteiger partial charge < -0.3 is 14.8 Å². The van der Waals surface area contributed by atoms with Crippen molar-refractivity contribution in [2.75, 3.05) is 33.4 Å². The monoisotopic (exact) mass is 427 g/mol. The molecule has 26 heavy (non-hydrogen) atoms. The molecule has 0 saturated heterocycles. The number of hydrogen-bond donors (Lipinski definition) is 2. The second-order valence-corrected chi connectivity index (χ2v) is 10.9. The molecule has 2 heterocycles. The molecule has 1 aromatic heterocycles. The molecule has 2 rings (SSSR count). The lowest BCUT2D eigenvalue weighted by atomic mass is 10.1. The van der Waals surface area contributed by atoms with E-state index < -0.39 is 26.3 Å². The van der Waals surface area contributed by atoms with Crippen LogP contribution in [0.1, 0.15) is 31.9 Å². The summed E-state index contributed by atoms with van der Waals surface area (Å²) in [6, 6.07) is 1.06. The molecule has 2 atom stereocenters. The van der Waals surface area contributed by atoms with E-state index in [4.69, 9.17) is 14.6 Å². The quantitative estimate of drug-likeness (QED) is 0.548. The molecule has 1 aliphatic heterocycles. The predicted octanol–water partition coefficient (Wildman–Crippen LogP) is 0.450. The number of primary sulfonamides is 1. The second kappa shape index (κ2) is 8.61. The van der Waals surface area contributed by atoms with Crippen LogP contribution in [0.3, 0.4) is 0 Å². The first-order chi connectivity index (χ1) is 12.1. The van der Waals surface area contributed by atoms with Crippen LogP contribution in [-0.2, 0) is 29.5 Å². The van der Waals surface area contributed by atoms with Gasteiger partial charge in [0.1, 0.15) is 8.42 Å². The van der Waals surface area contributed by atoms with Crippen molar-refractivity contribution in [2.24, 2.45) is 5.14 Å². The van der Waals surface area contributed by atoms with Gasteiger partial charge >= 0.3 is 0 Å². The van der Waals surface area contributed by atoms with Crippen LogP contribution < -0.4 is 10.5 Å². The summed E-state index contributed by atoms with van der Waals surface area (Å²) in [6.45, 7) is 4.89. The third kappa shape index (κ3) is 4.81. The lowest BCUT2D eigenvalue weighted by Gasteiger charge is -2.32. The molecule has 1 aliphatic rings. The summed E-state index contributed by atoms with van der Waals surface area (Å²) < 4.78 is 60.7. The molecule has 0 fully saturated rings. The summed E-state index contributed by atoms with van der Waals surface area (Å²) in [6.07, 6.45) is 0.418. The molecule has 0 amide bonds. The molecule has 150 valence electrons. The molecule has 1 aromatic rings. The van der Waals surface area contributed by atoms with Crippen molar-refractivity contribution >= 4 is 31.4 Å². The third-order valence-corrected chi connectivity index (χ3v) is 8.95. The highest BCUT2D eigenvalue weighted by Gasteiger charge is 2.39. The molecular weight excluding hydrogens is 402 g/mol. The van der Waals surface area contributed by atoms with Gasteiger partial charge in [-0.1, -0.05) is 6.92 Å². The van der Waals surface area contributed by atoms with Gasteiger partial charge in [0.25, 0.3) is 10.0 Å². The highest BCUT2D eigenvalue weighted by molar-refractivity contribution is 7.94. The maximum atomic E-state index is 12.9. The predicted molar refractivity (Wildman–Crippen MR) is 97.9 cm³/mol. The number of thiophene rings is 1. The van der Waals surface area contributed by atoms with Gasteiger partial charge in [-0.2, -0.15) is 4.31 Å². The third-order valence-electron chi connectivity index (χ3n) is 3.98. The Labute approximate surface area is 158 Å². The molecule has 3 N–H and O–H groups in total. The first-order valence-corrected chi connectivity index (χ1v) is 12.0. The Bertz CT molecular complexity index is 821. The zero-order valence-corrected chi connectivity index (χ0v) is 17.4. The van der Waals surface area contributed by atoms with Crippen LogP contribution in [0.5, 0.6) is 0 Å². The van der Waals surface area contributed by atoms with Crippen LogP contribution >= 0.6 is 11.3 Å². The van der Waals surface area contributed by atoms with Gasteiger partial charge in [-0.15, -0.1) is 11.3 Å². The summed E-state index contributed by atoms with van der Waals surface area (Å²) >= 11 is 0.686. The van der Waals surface area contributed by atoms with E-state index in [2.05, 4.69) is 5.32 Å². The number of rotatable bonds is 9. The minimum Gasteiger partial charge on any atom is -0.356 e. The Hall–Kier alpha value is -0.600. The number of nitrogens with zero attached hydrogens (tertiary/aromatic N) is 1. The van der Waals surface area contributed by atoms with E-state index in [9.17, 15) is 16.8 Å². The lowest BCUT2D eigenvalue weighted by Crippen LogP contribution is -2.45. The van der Waals surface area contributed by atoms with E-state index in [-0.39, 0.29) is 34.2 Å². The zero-order chi connectivity index (χ0) is 19.5. The van der Waals surface area contributed by atoms with Gasteiger partial charge in [0, 0.05) is 31.8 Å². The van der Waals surface area contributed by atoms with E-state index in [1.807, 2.05) is 6.92 Å². The van der Waals surface area contributed by atoms with Gasteiger partial charge in [-0.05, 0) is 26.0 Å². The van der Waals surface area contributed by atoms with Crippen LogP contribution in [0.25, 0.3) is 0 Å². The standard InChI is InChI=1S/C14H25N3O6S3/c1-4-5-16-12-9-17(6-7-23-10(2)22-3)26(20,21)14-11(12)8-13(24-14)25(15,18)19/h8,10,12,16H,4-7,9H2,1-3H3,(H2,15,18,19). The minimum absolute atomic E-state index is 0.0150. The van der Waals surface area contributed by atoms with E-state index in [1.165, 1.54) is 17.5 Å². The summed E-state index contributed by atoms with van der Waals surface area (Å²) in [5, 5.41) is 8.46. The lowest BCUT2D eigenvalue weighted by molar-refractivity contribution is -0.111. The molecule has 0 radical (unpaired) electrons. The summed E-state index contributed by atoms with van der Waals surface area (Å²) in [7, 11) is -6.29. The van der Waals surface area contributed by atoms with Crippen molar-refractivity contribution in [3.05, 3.63) is 11.6 Å². The normalized spacial score (nSPS) is 21.5. The summed E-state index contributed by atoms with van der Waals surface area (Å²) in [5.41, 5.74) is 0.454. The van der Waals surface area contributed by atoms with Crippen molar-refractivity contribution in [3.8, 4) is 0 Å². The van der Waals surface area contributed by atoms with Crippen molar-refractivity contribution < 1.29 is 26.3 Å². The fourth-order valence-corrected chi connectivity index (χ4v) is 6.81. The average molecular weight is 428 g/mol. The first-order valence-electron chi connectivity index (χ1n) is 8.15. The maximum Gasteiger partial charge on any atom is 0.253 e. The molecule has 12 heteroatoms. The van der Waals surface area contributed by atoms with Crippen LogP contribution in [-0.4, -0.2) is 60.8 Å². The fourth-order valence-electron chi connectivity index (χ4n) is 2.56. The van der Waals surface area contributed by atoms with Crippen molar-refractivity contribution in [1.82, 2.24) is 9.62 Å². The highest BCUT2D eigenvalue weighted by atomic mass is 32.3. The number of fused-ring (bicyclic) bond motifs is 1. The number of nitrogens with one attached hydrogen (secondary N) is 1. The number of nitrogens with two attached hydrogens (primary N) is 1. The molecule has 9 nitrogen and oxygen atoms in total. The Morgan fingerprint density at radius 1 is 1.50 bits per heavy atom. The van der Waals surface area contributed by atoms with E-state index >= 15 is 0 Å². The molecule has 0 aromatic carbocycles. The molecule has 0 bridgehead atoms. The van der Waals surface area contributed by atoms with Gasteiger partial charge in [-0.3, -0.25) is 0 Å². The van der Waals surface area contributed by atoms with E-state index in [1.54, 1.807) is 6.92 Å². The fraction of sp³-hybridized carbons (Fsp3) is 0.714. The molecule has 0 aliphatic carbocycles. The van der Waals surface area contributed by atoms with Crippen LogP contribution in [0.2, 0.25) is 0 Å². The van der Waals surface area contributed by atoms with E-state index in [0.29, 0.717) is 23.4 Å². The Morgan fingerprint density at radius 2 is 2.19 bits per heavy atom. The Balaban J connectivity index is 2.33. The van der Waals surface area contributed by atoms with Gasteiger partial charge in [-0.25, -0.2) is 22.0 Å². The average Bonchev–Trinajstić information content (AvgIpc) is 3.02. The molecule has 0 saturated carbocycles. The van der Waals surface area contributed by atoms with Crippen LogP contribution in [0.4, 0.5) is 0 Å². The molecule has 0 spiro atoms. The number of sulfonamides is 2. The van der Waals surface area contributed by atoms with Crippen molar-refractivity contribution in [1.29, 1.82) is 0 Å².